The van der Waals surface area contributed by atoms with Crippen molar-refractivity contribution in [3.8, 4) is 0 Å². The summed E-state index contributed by atoms with van der Waals surface area (Å²) in [5.74, 6) is -0.224. The van der Waals surface area contributed by atoms with Gasteiger partial charge in [0.05, 0.1) is 0 Å². The minimum atomic E-state index is -0.515. The number of nitrogens with zero attached hydrogens (tertiary/aromatic N) is 1. The number of nitrogens with two attached hydrogens (primary N) is 1. The minimum Gasteiger partial charge on any atom is -0.340 e. The van der Waals surface area contributed by atoms with E-state index in [0.717, 1.165) is 12.0 Å². The second-order valence-electron chi connectivity index (χ2n) is 6.39. The molecule has 1 aromatic rings. The van der Waals surface area contributed by atoms with Gasteiger partial charge < -0.3 is 16.0 Å². The average Bonchev–Trinajstić information content (AvgIpc) is 2.91. The van der Waals surface area contributed by atoms with E-state index in [2.05, 4.69) is 5.32 Å². The maximum absolute atomic E-state index is 12.6. The molecule has 1 aliphatic heterocycles. The highest BCUT2D eigenvalue weighted by Crippen LogP contribution is 2.13. The number of carbonyl (C=O) groups is 2. The van der Waals surface area contributed by atoms with Crippen molar-refractivity contribution in [2.75, 3.05) is 13.1 Å². The summed E-state index contributed by atoms with van der Waals surface area (Å²) < 4.78 is 0. The zero-order valence-electron chi connectivity index (χ0n) is 13.5. The summed E-state index contributed by atoms with van der Waals surface area (Å²) >= 11 is 0. The molecular weight excluding hydrogens is 278 g/mol. The van der Waals surface area contributed by atoms with Gasteiger partial charge in [0.1, 0.15) is 6.04 Å². The lowest BCUT2D eigenvalue weighted by Crippen LogP contribution is -2.51. The van der Waals surface area contributed by atoms with Crippen molar-refractivity contribution >= 4 is 11.8 Å². The SMILES string of the molecule is Cc1ccc(C(=O)NC(C(=O)N2CC[C@@H](N)C2)C(C)C)cc1. The normalized spacial score (nSPS) is 19.3. The molecule has 0 bridgehead atoms. The van der Waals surface area contributed by atoms with Crippen LogP contribution >= 0.6 is 0 Å². The number of amides is 2. The van der Waals surface area contributed by atoms with Gasteiger partial charge in [-0.05, 0) is 31.4 Å². The molecule has 3 N–H and O–H groups in total. The number of aryl methyl sites for hydroxylation is 1. The summed E-state index contributed by atoms with van der Waals surface area (Å²) in [7, 11) is 0. The third-order valence-electron chi connectivity index (χ3n) is 4.07. The van der Waals surface area contributed by atoms with Crippen molar-refractivity contribution in [2.45, 2.75) is 39.3 Å². The molecule has 0 radical (unpaired) electrons. The Kier molecular flexibility index (Phi) is 5.19. The molecule has 120 valence electrons. The van der Waals surface area contributed by atoms with Crippen molar-refractivity contribution in [3.05, 3.63) is 35.4 Å². The van der Waals surface area contributed by atoms with Gasteiger partial charge in [0, 0.05) is 24.7 Å². The lowest BCUT2D eigenvalue weighted by atomic mass is 10.0. The summed E-state index contributed by atoms with van der Waals surface area (Å²) in [4.78, 5) is 26.7. The molecule has 0 saturated carbocycles. The Morgan fingerprint density at radius 1 is 1.27 bits per heavy atom. The van der Waals surface area contributed by atoms with E-state index in [1.165, 1.54) is 0 Å². The largest absolute Gasteiger partial charge is 0.340 e. The first-order chi connectivity index (χ1) is 10.4. The summed E-state index contributed by atoms with van der Waals surface area (Å²) in [6.45, 7) is 7.09. The lowest BCUT2D eigenvalue weighted by Gasteiger charge is -2.26. The molecular formula is C17H25N3O2. The molecule has 2 amide bonds. The van der Waals surface area contributed by atoms with E-state index < -0.39 is 6.04 Å². The van der Waals surface area contributed by atoms with Gasteiger partial charge in [-0.3, -0.25) is 9.59 Å². The Labute approximate surface area is 131 Å². The van der Waals surface area contributed by atoms with Crippen LogP contribution in [0.4, 0.5) is 0 Å². The van der Waals surface area contributed by atoms with Crippen LogP contribution in [0.2, 0.25) is 0 Å². The smallest absolute Gasteiger partial charge is 0.251 e. The second-order valence-corrected chi connectivity index (χ2v) is 6.39. The first-order valence-corrected chi connectivity index (χ1v) is 7.80. The number of rotatable bonds is 4. The summed E-state index contributed by atoms with van der Waals surface area (Å²) in [6, 6.07) is 6.86. The van der Waals surface area contributed by atoms with Gasteiger partial charge >= 0.3 is 0 Å². The molecule has 1 aliphatic rings. The standard InChI is InChI=1S/C17H25N3O2/c1-11(2)15(17(22)20-9-8-14(18)10-20)19-16(21)13-6-4-12(3)5-7-13/h4-7,11,14-15H,8-10,18H2,1-3H3,(H,19,21)/t14-,15?/m1/s1. The molecule has 0 spiro atoms. The maximum atomic E-state index is 12.6. The van der Waals surface area contributed by atoms with Crippen molar-refractivity contribution in [1.82, 2.24) is 10.2 Å². The van der Waals surface area contributed by atoms with Crippen molar-refractivity contribution < 1.29 is 9.59 Å². The highest BCUT2D eigenvalue weighted by atomic mass is 16.2. The molecule has 1 fully saturated rings. The molecule has 22 heavy (non-hydrogen) atoms. The van der Waals surface area contributed by atoms with Crippen LogP contribution in [0.5, 0.6) is 0 Å². The molecule has 0 aromatic heterocycles. The number of benzene rings is 1. The number of likely N-dealkylation sites (tertiary alicyclic amines) is 1. The molecule has 5 heteroatoms. The van der Waals surface area contributed by atoms with Gasteiger partial charge in [0.15, 0.2) is 0 Å². The minimum absolute atomic E-state index is 0.0266. The van der Waals surface area contributed by atoms with Crippen LogP contribution in [-0.2, 0) is 4.79 Å². The van der Waals surface area contributed by atoms with Crippen LogP contribution in [0, 0.1) is 12.8 Å². The Balaban J connectivity index is 2.06. The summed E-state index contributed by atoms with van der Waals surface area (Å²) in [5, 5.41) is 2.87. The van der Waals surface area contributed by atoms with Crippen LogP contribution in [0.3, 0.4) is 0 Å². The van der Waals surface area contributed by atoms with Crippen molar-refractivity contribution in [2.24, 2.45) is 11.7 Å². The fraction of sp³-hybridized carbons (Fsp3) is 0.529. The fourth-order valence-corrected chi connectivity index (χ4v) is 2.63. The first kappa shape index (κ1) is 16.5. The second kappa shape index (κ2) is 6.92. The Morgan fingerprint density at radius 3 is 2.41 bits per heavy atom. The van der Waals surface area contributed by atoms with Gasteiger partial charge in [-0.2, -0.15) is 0 Å². The molecule has 1 aromatic carbocycles. The maximum Gasteiger partial charge on any atom is 0.251 e. The van der Waals surface area contributed by atoms with Gasteiger partial charge in [-0.15, -0.1) is 0 Å². The molecule has 1 saturated heterocycles. The van der Waals surface area contributed by atoms with E-state index >= 15 is 0 Å². The summed E-state index contributed by atoms with van der Waals surface area (Å²) in [6.07, 6.45) is 0.822. The summed E-state index contributed by atoms with van der Waals surface area (Å²) in [5.41, 5.74) is 7.53. The zero-order valence-corrected chi connectivity index (χ0v) is 13.5. The molecule has 0 aliphatic carbocycles. The van der Waals surface area contributed by atoms with E-state index in [1.54, 1.807) is 17.0 Å². The third kappa shape index (κ3) is 3.85. The highest BCUT2D eigenvalue weighted by Gasteiger charge is 2.32. The number of hydrogen-bond donors (Lipinski definition) is 2. The number of hydrogen-bond acceptors (Lipinski definition) is 3. The zero-order chi connectivity index (χ0) is 16.3. The van der Waals surface area contributed by atoms with Gasteiger partial charge in [-0.1, -0.05) is 31.5 Å². The monoisotopic (exact) mass is 303 g/mol. The van der Waals surface area contributed by atoms with E-state index in [9.17, 15) is 9.59 Å². The van der Waals surface area contributed by atoms with E-state index in [0.29, 0.717) is 18.7 Å². The number of nitrogens with one attached hydrogen (secondary N) is 1. The Bertz CT molecular complexity index is 539. The van der Waals surface area contributed by atoms with Gasteiger partial charge in [-0.25, -0.2) is 0 Å². The molecule has 1 heterocycles. The van der Waals surface area contributed by atoms with Crippen LogP contribution in [-0.4, -0.2) is 41.9 Å². The van der Waals surface area contributed by atoms with E-state index in [4.69, 9.17) is 5.73 Å². The molecule has 2 rings (SSSR count). The van der Waals surface area contributed by atoms with Crippen molar-refractivity contribution in [3.63, 3.8) is 0 Å². The van der Waals surface area contributed by atoms with Gasteiger partial charge in [0.2, 0.25) is 5.91 Å². The van der Waals surface area contributed by atoms with E-state index in [1.807, 2.05) is 32.9 Å². The lowest BCUT2D eigenvalue weighted by molar-refractivity contribution is -0.133. The quantitative estimate of drug-likeness (QED) is 0.880. The van der Waals surface area contributed by atoms with Crippen molar-refractivity contribution in [1.29, 1.82) is 0 Å². The van der Waals surface area contributed by atoms with Crippen LogP contribution in [0.1, 0.15) is 36.2 Å². The first-order valence-electron chi connectivity index (χ1n) is 7.80. The predicted octanol–water partition coefficient (Wildman–Crippen LogP) is 1.31. The Morgan fingerprint density at radius 2 is 1.91 bits per heavy atom. The highest BCUT2D eigenvalue weighted by molar-refractivity contribution is 5.97. The number of carbonyl (C=O) groups excluding carboxylic acids is 2. The topological polar surface area (TPSA) is 75.4 Å². The fourth-order valence-electron chi connectivity index (χ4n) is 2.63. The Hall–Kier alpha value is -1.88. The van der Waals surface area contributed by atoms with Crippen LogP contribution in [0.15, 0.2) is 24.3 Å². The third-order valence-corrected chi connectivity index (χ3v) is 4.07. The predicted molar refractivity (Wildman–Crippen MR) is 86.4 cm³/mol. The van der Waals surface area contributed by atoms with Crippen LogP contribution in [0.25, 0.3) is 0 Å². The average molecular weight is 303 g/mol. The van der Waals surface area contributed by atoms with Gasteiger partial charge in [0.25, 0.3) is 5.91 Å². The van der Waals surface area contributed by atoms with Crippen LogP contribution < -0.4 is 11.1 Å². The molecule has 2 atom stereocenters. The molecule has 5 nitrogen and oxygen atoms in total. The molecule has 1 unspecified atom stereocenters. The van der Waals surface area contributed by atoms with E-state index in [-0.39, 0.29) is 23.8 Å².